The second-order valence-corrected chi connectivity index (χ2v) is 7.81. The number of hydrogen-bond donors (Lipinski definition) is 1. The molecule has 1 saturated heterocycles. The molecule has 1 fully saturated rings. The van der Waals surface area contributed by atoms with E-state index in [1.807, 2.05) is 37.3 Å². The van der Waals surface area contributed by atoms with E-state index in [2.05, 4.69) is 26.4 Å². The van der Waals surface area contributed by atoms with Crippen molar-refractivity contribution in [2.24, 2.45) is 0 Å². The molecule has 2 heterocycles. The summed E-state index contributed by atoms with van der Waals surface area (Å²) >= 11 is 6.10. The lowest BCUT2D eigenvalue weighted by atomic mass is 9.97. The summed E-state index contributed by atoms with van der Waals surface area (Å²) in [5.41, 5.74) is 2.77. The third-order valence-corrected chi connectivity index (χ3v) is 5.50. The number of halogens is 1. The summed E-state index contributed by atoms with van der Waals surface area (Å²) in [6, 6.07) is 15.3. The fourth-order valence-electron chi connectivity index (χ4n) is 3.60. The van der Waals surface area contributed by atoms with Gasteiger partial charge in [-0.25, -0.2) is 0 Å². The maximum Gasteiger partial charge on any atom is 0.238 e. The fraction of sp³-hybridized carbons (Fsp3) is 0.318. The Hall–Kier alpha value is -2.70. The normalized spacial score (nSPS) is 15.4. The molecule has 1 aliphatic heterocycles. The summed E-state index contributed by atoms with van der Waals surface area (Å²) in [5, 5.41) is 7.56. The molecule has 4 rings (SSSR count). The van der Waals surface area contributed by atoms with Crippen molar-refractivity contribution in [2.45, 2.75) is 25.7 Å². The van der Waals surface area contributed by atoms with Crippen molar-refractivity contribution in [3.8, 4) is 11.4 Å². The third kappa shape index (κ3) is 4.83. The maximum absolute atomic E-state index is 12.3. The van der Waals surface area contributed by atoms with Gasteiger partial charge in [0.1, 0.15) is 0 Å². The van der Waals surface area contributed by atoms with Crippen molar-refractivity contribution in [3.63, 3.8) is 0 Å². The molecule has 150 valence electrons. The van der Waals surface area contributed by atoms with Gasteiger partial charge in [0, 0.05) is 11.5 Å². The van der Waals surface area contributed by atoms with Crippen LogP contribution in [0, 0.1) is 6.92 Å². The lowest BCUT2D eigenvalue weighted by Crippen LogP contribution is -2.38. The number of benzene rings is 2. The molecule has 0 atom stereocenters. The van der Waals surface area contributed by atoms with Gasteiger partial charge in [0.05, 0.1) is 17.3 Å². The molecule has 1 N–H and O–H groups in total. The molecule has 0 aliphatic carbocycles. The Morgan fingerprint density at radius 3 is 2.76 bits per heavy atom. The van der Waals surface area contributed by atoms with E-state index < -0.39 is 0 Å². The minimum atomic E-state index is -0.0592. The number of hydrogen-bond acceptors (Lipinski definition) is 5. The highest BCUT2D eigenvalue weighted by atomic mass is 35.5. The molecule has 1 amide bonds. The van der Waals surface area contributed by atoms with Crippen molar-refractivity contribution in [1.82, 2.24) is 15.0 Å². The molecule has 6 nitrogen and oxygen atoms in total. The van der Waals surface area contributed by atoms with Crippen LogP contribution >= 0.6 is 11.6 Å². The molecule has 1 aromatic heterocycles. The highest BCUT2D eigenvalue weighted by Gasteiger charge is 2.26. The second kappa shape index (κ2) is 8.76. The molecular weight excluding hydrogens is 388 g/mol. The number of carbonyl (C=O) groups excluding carboxylic acids is 1. The Morgan fingerprint density at radius 2 is 2.00 bits per heavy atom. The van der Waals surface area contributed by atoms with Crippen LogP contribution in [-0.4, -0.2) is 40.6 Å². The summed E-state index contributed by atoms with van der Waals surface area (Å²) < 4.78 is 5.53. The molecule has 0 saturated carbocycles. The first-order valence-corrected chi connectivity index (χ1v) is 10.1. The summed E-state index contributed by atoms with van der Waals surface area (Å²) in [7, 11) is 0. The van der Waals surface area contributed by atoms with Crippen LogP contribution in [-0.2, 0) is 4.79 Å². The van der Waals surface area contributed by atoms with Crippen LogP contribution in [0.2, 0.25) is 5.02 Å². The number of para-hydroxylation sites is 1. The summed E-state index contributed by atoms with van der Waals surface area (Å²) in [6.45, 7) is 4.00. The largest absolute Gasteiger partial charge is 0.339 e. The van der Waals surface area contributed by atoms with E-state index >= 15 is 0 Å². The second-order valence-electron chi connectivity index (χ2n) is 7.40. The molecule has 7 heteroatoms. The van der Waals surface area contributed by atoms with E-state index in [0.29, 0.717) is 29.0 Å². The van der Waals surface area contributed by atoms with E-state index in [9.17, 15) is 4.79 Å². The summed E-state index contributed by atoms with van der Waals surface area (Å²) in [6.07, 6.45) is 1.77. The number of aromatic nitrogens is 2. The quantitative estimate of drug-likeness (QED) is 0.669. The topological polar surface area (TPSA) is 71.3 Å². The Balaban J connectivity index is 1.31. The van der Waals surface area contributed by atoms with Gasteiger partial charge in [0.25, 0.3) is 0 Å². The lowest BCUT2D eigenvalue weighted by Gasteiger charge is -2.29. The van der Waals surface area contributed by atoms with E-state index in [-0.39, 0.29) is 11.8 Å². The molecule has 0 radical (unpaired) electrons. The molecule has 1 aliphatic rings. The van der Waals surface area contributed by atoms with Crippen LogP contribution in [0.5, 0.6) is 0 Å². The van der Waals surface area contributed by atoms with Gasteiger partial charge in [-0.2, -0.15) is 4.98 Å². The Bertz CT molecular complexity index is 996. The first kappa shape index (κ1) is 19.6. The lowest BCUT2D eigenvalue weighted by molar-refractivity contribution is -0.117. The number of aryl methyl sites for hydroxylation is 1. The van der Waals surface area contributed by atoms with E-state index in [1.165, 1.54) is 0 Å². The standard InChI is InChI=1S/C22H23ClN4O2/c1-15-5-4-6-17(13-15)21-25-22(29-26-21)16-9-11-27(12-10-16)14-20(28)24-19-8-3-2-7-18(19)23/h2-8,13,16H,9-12,14H2,1H3,(H,24,28). The number of amides is 1. The predicted octanol–water partition coefficient (Wildman–Crippen LogP) is 4.52. The number of carbonyl (C=O) groups is 1. The van der Waals surface area contributed by atoms with Gasteiger partial charge >= 0.3 is 0 Å². The smallest absolute Gasteiger partial charge is 0.238 e. The molecular formula is C22H23ClN4O2. The highest BCUT2D eigenvalue weighted by Crippen LogP contribution is 2.29. The van der Waals surface area contributed by atoms with E-state index in [1.54, 1.807) is 12.1 Å². The maximum atomic E-state index is 12.3. The number of piperidine rings is 1. The van der Waals surface area contributed by atoms with Crippen molar-refractivity contribution >= 4 is 23.2 Å². The predicted molar refractivity (Wildman–Crippen MR) is 113 cm³/mol. The molecule has 3 aromatic rings. The molecule has 0 unspecified atom stereocenters. The van der Waals surface area contributed by atoms with Crippen LogP contribution < -0.4 is 5.32 Å². The van der Waals surface area contributed by atoms with Gasteiger partial charge in [0.15, 0.2) is 0 Å². The molecule has 0 bridgehead atoms. The van der Waals surface area contributed by atoms with Crippen molar-refractivity contribution in [1.29, 1.82) is 0 Å². The van der Waals surface area contributed by atoms with Crippen LogP contribution in [0.3, 0.4) is 0 Å². The Labute approximate surface area is 174 Å². The zero-order chi connectivity index (χ0) is 20.2. The zero-order valence-corrected chi connectivity index (χ0v) is 17.0. The van der Waals surface area contributed by atoms with Gasteiger partial charge in [-0.05, 0) is 51.1 Å². The van der Waals surface area contributed by atoms with Crippen molar-refractivity contribution in [2.75, 3.05) is 25.0 Å². The number of anilines is 1. The van der Waals surface area contributed by atoms with E-state index in [4.69, 9.17) is 16.1 Å². The third-order valence-electron chi connectivity index (χ3n) is 5.17. The van der Waals surface area contributed by atoms with Crippen molar-refractivity contribution in [3.05, 3.63) is 65.0 Å². The van der Waals surface area contributed by atoms with Crippen LogP contribution in [0.25, 0.3) is 11.4 Å². The van der Waals surface area contributed by atoms with Crippen LogP contribution in [0.1, 0.15) is 30.2 Å². The van der Waals surface area contributed by atoms with Crippen LogP contribution in [0.4, 0.5) is 5.69 Å². The highest BCUT2D eigenvalue weighted by molar-refractivity contribution is 6.33. The minimum Gasteiger partial charge on any atom is -0.339 e. The monoisotopic (exact) mass is 410 g/mol. The average Bonchev–Trinajstić information content (AvgIpc) is 3.21. The molecule has 0 spiro atoms. The van der Waals surface area contributed by atoms with Gasteiger partial charge in [-0.1, -0.05) is 52.7 Å². The number of likely N-dealkylation sites (tertiary alicyclic amines) is 1. The van der Waals surface area contributed by atoms with Gasteiger partial charge < -0.3 is 9.84 Å². The van der Waals surface area contributed by atoms with Gasteiger partial charge in [0.2, 0.25) is 17.6 Å². The SMILES string of the molecule is Cc1cccc(-c2noc(C3CCN(CC(=O)Nc4ccccc4Cl)CC3)n2)c1. The van der Waals surface area contributed by atoms with Crippen molar-refractivity contribution < 1.29 is 9.32 Å². The number of nitrogens with one attached hydrogen (secondary N) is 1. The number of rotatable bonds is 5. The van der Waals surface area contributed by atoms with Gasteiger partial charge in [-0.3, -0.25) is 9.69 Å². The van der Waals surface area contributed by atoms with E-state index in [0.717, 1.165) is 37.1 Å². The van der Waals surface area contributed by atoms with Gasteiger partial charge in [-0.15, -0.1) is 0 Å². The Kier molecular flexibility index (Phi) is 5.92. The molecule has 2 aromatic carbocycles. The first-order valence-electron chi connectivity index (χ1n) is 9.76. The fourth-order valence-corrected chi connectivity index (χ4v) is 3.78. The minimum absolute atomic E-state index is 0.0592. The Morgan fingerprint density at radius 1 is 1.21 bits per heavy atom. The number of nitrogens with zero attached hydrogens (tertiary/aromatic N) is 3. The molecule has 29 heavy (non-hydrogen) atoms. The first-order chi connectivity index (χ1) is 14.1. The van der Waals surface area contributed by atoms with Crippen LogP contribution in [0.15, 0.2) is 53.1 Å². The summed E-state index contributed by atoms with van der Waals surface area (Å²) in [4.78, 5) is 19.1. The zero-order valence-electron chi connectivity index (χ0n) is 16.3. The average molecular weight is 411 g/mol. The summed E-state index contributed by atoms with van der Waals surface area (Å²) in [5.74, 6) is 1.48.